The molecular formula is C17H24N2O3. The van der Waals surface area contributed by atoms with E-state index in [9.17, 15) is 14.7 Å². The molecule has 0 bridgehead atoms. The lowest BCUT2D eigenvalue weighted by atomic mass is 10.1. The number of nitrogens with zero attached hydrogens (tertiary/aromatic N) is 1. The van der Waals surface area contributed by atoms with Crippen LogP contribution in [0.5, 0.6) is 0 Å². The minimum absolute atomic E-state index is 0.0717. The molecule has 0 heterocycles. The van der Waals surface area contributed by atoms with Gasteiger partial charge in [0.05, 0.1) is 6.10 Å². The van der Waals surface area contributed by atoms with Crippen LogP contribution in [0.1, 0.15) is 30.4 Å². The van der Waals surface area contributed by atoms with Gasteiger partial charge in [0.15, 0.2) is 0 Å². The third-order valence-corrected chi connectivity index (χ3v) is 4.52. The number of hydrogen-bond acceptors (Lipinski definition) is 3. The van der Waals surface area contributed by atoms with E-state index in [-0.39, 0.29) is 12.0 Å². The number of carbonyl (C=O) groups excluding carboxylic acids is 2. The van der Waals surface area contributed by atoms with Gasteiger partial charge in [-0.25, -0.2) is 0 Å². The van der Waals surface area contributed by atoms with E-state index in [1.165, 1.54) is 4.90 Å². The molecule has 5 nitrogen and oxygen atoms in total. The molecule has 1 fully saturated rings. The molecule has 5 heteroatoms. The fraction of sp³-hybridized carbons (Fsp3) is 0.529. The van der Waals surface area contributed by atoms with Crippen molar-refractivity contribution in [1.29, 1.82) is 0 Å². The quantitative estimate of drug-likeness (QED) is 0.838. The highest BCUT2D eigenvalue weighted by Gasteiger charge is 2.29. The molecule has 0 aliphatic heterocycles. The summed E-state index contributed by atoms with van der Waals surface area (Å²) >= 11 is 0. The Morgan fingerprint density at radius 3 is 2.68 bits per heavy atom. The summed E-state index contributed by atoms with van der Waals surface area (Å²) in [5, 5.41) is 12.5. The number of likely N-dealkylation sites (N-methyl/N-ethyl adjacent to an activating group) is 1. The molecule has 1 aliphatic carbocycles. The fourth-order valence-electron chi connectivity index (χ4n) is 2.90. The minimum atomic E-state index is -0.635. The zero-order chi connectivity index (χ0) is 16.3. The molecular weight excluding hydrogens is 280 g/mol. The average molecular weight is 304 g/mol. The van der Waals surface area contributed by atoms with Crippen molar-refractivity contribution in [3.05, 3.63) is 29.3 Å². The van der Waals surface area contributed by atoms with Crippen LogP contribution in [-0.4, -0.2) is 41.5 Å². The first kappa shape index (κ1) is 16.5. The van der Waals surface area contributed by atoms with Crippen LogP contribution in [0.25, 0.3) is 0 Å². The molecule has 1 aromatic carbocycles. The van der Waals surface area contributed by atoms with Crippen molar-refractivity contribution >= 4 is 17.5 Å². The second-order valence-corrected chi connectivity index (χ2v) is 6.15. The SMILES string of the molecule is Cc1cccc(NC(=O)C(=O)N(C)CC2CCCC2O)c1C. The van der Waals surface area contributed by atoms with Crippen LogP contribution < -0.4 is 5.32 Å². The molecule has 2 amide bonds. The van der Waals surface area contributed by atoms with Crippen molar-refractivity contribution < 1.29 is 14.7 Å². The van der Waals surface area contributed by atoms with E-state index in [4.69, 9.17) is 0 Å². The Morgan fingerprint density at radius 2 is 2.05 bits per heavy atom. The molecule has 2 atom stereocenters. The van der Waals surface area contributed by atoms with Gasteiger partial charge in [-0.3, -0.25) is 9.59 Å². The van der Waals surface area contributed by atoms with Gasteiger partial charge in [-0.15, -0.1) is 0 Å². The third-order valence-electron chi connectivity index (χ3n) is 4.52. The largest absolute Gasteiger partial charge is 0.393 e. The van der Waals surface area contributed by atoms with Crippen LogP contribution in [0.15, 0.2) is 18.2 Å². The van der Waals surface area contributed by atoms with Crippen molar-refractivity contribution in [2.24, 2.45) is 5.92 Å². The van der Waals surface area contributed by atoms with Crippen molar-refractivity contribution in [3.8, 4) is 0 Å². The summed E-state index contributed by atoms with van der Waals surface area (Å²) in [7, 11) is 1.61. The Morgan fingerprint density at radius 1 is 1.32 bits per heavy atom. The van der Waals surface area contributed by atoms with Gasteiger partial charge in [-0.05, 0) is 43.9 Å². The van der Waals surface area contributed by atoms with Gasteiger partial charge in [-0.2, -0.15) is 0 Å². The number of aliphatic hydroxyl groups excluding tert-OH is 1. The first-order chi connectivity index (χ1) is 10.4. The highest BCUT2D eigenvalue weighted by atomic mass is 16.3. The average Bonchev–Trinajstić information content (AvgIpc) is 2.88. The van der Waals surface area contributed by atoms with E-state index in [1.807, 2.05) is 26.0 Å². The summed E-state index contributed by atoms with van der Waals surface area (Å²) in [6.45, 7) is 4.29. The molecule has 0 saturated heterocycles. The number of rotatable bonds is 3. The topological polar surface area (TPSA) is 69.6 Å². The number of anilines is 1. The van der Waals surface area contributed by atoms with Gasteiger partial charge >= 0.3 is 11.8 Å². The molecule has 1 aliphatic rings. The lowest BCUT2D eigenvalue weighted by molar-refractivity contribution is -0.142. The molecule has 22 heavy (non-hydrogen) atoms. The highest BCUT2D eigenvalue weighted by molar-refractivity contribution is 6.39. The summed E-state index contributed by atoms with van der Waals surface area (Å²) in [6.07, 6.45) is 2.29. The molecule has 2 unspecified atom stereocenters. The predicted octanol–water partition coefficient (Wildman–Crippen LogP) is 1.86. The Kier molecular flexibility index (Phi) is 5.19. The summed E-state index contributed by atoms with van der Waals surface area (Å²) in [5.74, 6) is -1.13. The zero-order valence-corrected chi connectivity index (χ0v) is 13.4. The number of aliphatic hydroxyl groups is 1. The standard InChI is InChI=1S/C17H24N2O3/c1-11-6-4-8-14(12(11)2)18-16(21)17(22)19(3)10-13-7-5-9-15(13)20/h4,6,8,13,15,20H,5,7,9-10H2,1-3H3,(H,18,21). The minimum Gasteiger partial charge on any atom is -0.393 e. The Balaban J connectivity index is 1.96. The van der Waals surface area contributed by atoms with Crippen LogP contribution in [0, 0.1) is 19.8 Å². The maximum atomic E-state index is 12.2. The lowest BCUT2D eigenvalue weighted by Gasteiger charge is -2.23. The van der Waals surface area contributed by atoms with Crippen LogP contribution in [0.2, 0.25) is 0 Å². The number of nitrogens with one attached hydrogen (secondary N) is 1. The maximum Gasteiger partial charge on any atom is 0.313 e. The molecule has 0 aromatic heterocycles. The second kappa shape index (κ2) is 6.92. The Bertz CT molecular complexity index is 571. The molecule has 0 spiro atoms. The predicted molar refractivity (Wildman–Crippen MR) is 85.5 cm³/mol. The number of amides is 2. The van der Waals surface area contributed by atoms with Crippen LogP contribution in [-0.2, 0) is 9.59 Å². The molecule has 1 saturated carbocycles. The van der Waals surface area contributed by atoms with Crippen molar-refractivity contribution in [2.75, 3.05) is 18.9 Å². The highest BCUT2D eigenvalue weighted by Crippen LogP contribution is 2.26. The monoisotopic (exact) mass is 304 g/mol. The van der Waals surface area contributed by atoms with Gasteiger partial charge in [0.1, 0.15) is 0 Å². The fourth-order valence-corrected chi connectivity index (χ4v) is 2.90. The second-order valence-electron chi connectivity index (χ2n) is 6.15. The van der Waals surface area contributed by atoms with Gasteiger partial charge in [0.25, 0.3) is 0 Å². The zero-order valence-electron chi connectivity index (χ0n) is 13.4. The normalized spacial score (nSPS) is 20.7. The Hall–Kier alpha value is -1.88. The first-order valence-electron chi connectivity index (χ1n) is 7.71. The molecule has 0 radical (unpaired) electrons. The van der Waals surface area contributed by atoms with E-state index in [2.05, 4.69) is 5.32 Å². The molecule has 2 rings (SSSR count). The summed E-state index contributed by atoms with van der Waals surface area (Å²) in [6, 6.07) is 5.59. The van der Waals surface area contributed by atoms with E-state index in [0.717, 1.165) is 30.4 Å². The summed E-state index contributed by atoms with van der Waals surface area (Å²) in [5.41, 5.74) is 2.68. The Labute approximate surface area is 131 Å². The number of hydrogen-bond donors (Lipinski definition) is 2. The van der Waals surface area contributed by atoms with Gasteiger partial charge in [-0.1, -0.05) is 18.6 Å². The van der Waals surface area contributed by atoms with E-state index in [0.29, 0.717) is 12.2 Å². The van der Waals surface area contributed by atoms with Crippen LogP contribution in [0.3, 0.4) is 0 Å². The van der Waals surface area contributed by atoms with Crippen molar-refractivity contribution in [1.82, 2.24) is 4.90 Å². The third kappa shape index (κ3) is 3.65. The number of benzene rings is 1. The van der Waals surface area contributed by atoms with Gasteiger partial charge in [0, 0.05) is 25.2 Å². The van der Waals surface area contributed by atoms with Crippen molar-refractivity contribution in [3.63, 3.8) is 0 Å². The van der Waals surface area contributed by atoms with Crippen LogP contribution >= 0.6 is 0 Å². The number of aryl methyl sites for hydroxylation is 1. The smallest absolute Gasteiger partial charge is 0.313 e. The summed E-state index contributed by atoms with van der Waals surface area (Å²) in [4.78, 5) is 25.7. The van der Waals surface area contributed by atoms with E-state index >= 15 is 0 Å². The van der Waals surface area contributed by atoms with Crippen molar-refractivity contribution in [2.45, 2.75) is 39.2 Å². The van der Waals surface area contributed by atoms with E-state index < -0.39 is 11.8 Å². The lowest BCUT2D eigenvalue weighted by Crippen LogP contribution is -2.41. The maximum absolute atomic E-state index is 12.2. The molecule has 120 valence electrons. The molecule has 2 N–H and O–H groups in total. The van der Waals surface area contributed by atoms with E-state index in [1.54, 1.807) is 13.1 Å². The number of carbonyl (C=O) groups is 2. The van der Waals surface area contributed by atoms with Gasteiger partial charge < -0.3 is 15.3 Å². The molecule has 1 aromatic rings. The summed E-state index contributed by atoms with van der Waals surface area (Å²) < 4.78 is 0. The van der Waals surface area contributed by atoms with Crippen LogP contribution in [0.4, 0.5) is 5.69 Å². The van der Waals surface area contributed by atoms with Gasteiger partial charge in [0.2, 0.25) is 0 Å². The first-order valence-corrected chi connectivity index (χ1v) is 7.71.